The Morgan fingerprint density at radius 3 is 2.74 bits per heavy atom. The van der Waals surface area contributed by atoms with Gasteiger partial charge in [0.05, 0.1) is 17.9 Å². The van der Waals surface area contributed by atoms with E-state index in [1.54, 1.807) is 6.07 Å². The Kier molecular flexibility index (Phi) is 3.78. The van der Waals surface area contributed by atoms with E-state index >= 15 is 0 Å². The predicted molar refractivity (Wildman–Crippen MR) is 106 cm³/mol. The van der Waals surface area contributed by atoms with E-state index in [4.69, 9.17) is 5.73 Å². The van der Waals surface area contributed by atoms with Gasteiger partial charge >= 0.3 is 0 Å². The molecular formula is C19H20FN7. The summed E-state index contributed by atoms with van der Waals surface area (Å²) in [6.45, 7) is 4.81. The second-order valence-corrected chi connectivity index (χ2v) is 6.80. The number of fused-ring (bicyclic) bond motifs is 3. The van der Waals surface area contributed by atoms with Gasteiger partial charge in [-0.15, -0.1) is 0 Å². The molecule has 0 saturated carbocycles. The number of benzene rings is 1. The third-order valence-corrected chi connectivity index (χ3v) is 5.15. The number of piperazine rings is 1. The molecular weight excluding hydrogens is 345 g/mol. The summed E-state index contributed by atoms with van der Waals surface area (Å²) in [6, 6.07) is 5.28. The highest BCUT2D eigenvalue weighted by atomic mass is 19.1. The van der Waals surface area contributed by atoms with Gasteiger partial charge in [-0.2, -0.15) is 4.98 Å². The number of nitrogens with two attached hydrogens (primary N) is 1. The molecule has 0 aliphatic carbocycles. The van der Waals surface area contributed by atoms with Gasteiger partial charge in [0.15, 0.2) is 0 Å². The minimum Gasteiger partial charge on any atom is -0.368 e. The molecule has 3 aliphatic heterocycles. The fourth-order valence-electron chi connectivity index (χ4n) is 3.85. The van der Waals surface area contributed by atoms with Crippen LogP contribution in [-0.4, -0.2) is 55.1 Å². The Morgan fingerprint density at radius 2 is 1.93 bits per heavy atom. The zero-order valence-corrected chi connectivity index (χ0v) is 14.8. The number of anilines is 3. The van der Waals surface area contributed by atoms with Crippen LogP contribution in [0.15, 0.2) is 29.3 Å². The maximum absolute atomic E-state index is 14.9. The third kappa shape index (κ3) is 2.73. The number of nitrogens with zero attached hydrogens (tertiary/aromatic N) is 5. The number of aromatic nitrogens is 2. The number of nitrogen functional groups attached to an aromatic ring is 1. The Bertz CT molecular complexity index is 963. The van der Waals surface area contributed by atoms with E-state index in [1.807, 2.05) is 29.2 Å². The minimum atomic E-state index is -0.247. The van der Waals surface area contributed by atoms with Crippen LogP contribution in [0.1, 0.15) is 5.56 Å². The van der Waals surface area contributed by atoms with Crippen molar-refractivity contribution in [2.45, 2.75) is 0 Å². The lowest BCUT2D eigenvalue weighted by atomic mass is 10.0. The van der Waals surface area contributed by atoms with E-state index in [1.165, 1.54) is 0 Å². The molecule has 7 nitrogen and oxygen atoms in total. The van der Waals surface area contributed by atoms with Crippen LogP contribution in [0.5, 0.6) is 0 Å². The largest absolute Gasteiger partial charge is 0.368 e. The van der Waals surface area contributed by atoms with Crippen molar-refractivity contribution in [1.82, 2.24) is 15.3 Å². The van der Waals surface area contributed by atoms with Crippen molar-refractivity contribution in [2.24, 2.45) is 4.99 Å². The SMILES string of the molecule is Nc1nc(-c2ccc(N3CCNCC3)c(F)c2)c2c(n1)N1CCN=C1C=C2. The number of hydrogen-bond donors (Lipinski definition) is 2. The lowest BCUT2D eigenvalue weighted by molar-refractivity contribution is 0.566. The molecule has 0 spiro atoms. The summed E-state index contributed by atoms with van der Waals surface area (Å²) in [5.41, 5.74) is 8.78. The van der Waals surface area contributed by atoms with Crippen LogP contribution >= 0.6 is 0 Å². The summed E-state index contributed by atoms with van der Waals surface area (Å²) >= 11 is 0. The summed E-state index contributed by atoms with van der Waals surface area (Å²) in [5.74, 6) is 1.55. The molecule has 3 aliphatic rings. The summed E-state index contributed by atoms with van der Waals surface area (Å²) in [4.78, 5) is 17.4. The predicted octanol–water partition coefficient (Wildman–Crippen LogP) is 1.52. The number of rotatable bonds is 2. The first kappa shape index (κ1) is 16.2. The first-order chi connectivity index (χ1) is 13.2. The third-order valence-electron chi connectivity index (χ3n) is 5.15. The Labute approximate surface area is 156 Å². The van der Waals surface area contributed by atoms with Crippen molar-refractivity contribution >= 4 is 29.4 Å². The normalized spacial score (nSPS) is 18.3. The Balaban J connectivity index is 1.57. The molecule has 0 bridgehead atoms. The molecule has 2 aromatic rings. The number of aliphatic imine (C=N–C) groups is 1. The van der Waals surface area contributed by atoms with Gasteiger partial charge in [0.25, 0.3) is 0 Å². The molecule has 1 aromatic heterocycles. The smallest absolute Gasteiger partial charge is 0.222 e. The fourth-order valence-corrected chi connectivity index (χ4v) is 3.85. The monoisotopic (exact) mass is 365 g/mol. The molecule has 1 saturated heterocycles. The Morgan fingerprint density at radius 1 is 1.07 bits per heavy atom. The number of halogens is 1. The van der Waals surface area contributed by atoms with Crippen molar-refractivity contribution < 1.29 is 4.39 Å². The molecule has 0 unspecified atom stereocenters. The molecule has 3 N–H and O–H groups in total. The first-order valence-corrected chi connectivity index (χ1v) is 9.14. The number of amidine groups is 1. The van der Waals surface area contributed by atoms with Crippen molar-refractivity contribution in [1.29, 1.82) is 0 Å². The van der Waals surface area contributed by atoms with Gasteiger partial charge in [0, 0.05) is 43.9 Å². The van der Waals surface area contributed by atoms with Crippen molar-refractivity contribution in [3.63, 3.8) is 0 Å². The van der Waals surface area contributed by atoms with Crippen LogP contribution < -0.4 is 20.9 Å². The van der Waals surface area contributed by atoms with Crippen LogP contribution in [0.2, 0.25) is 0 Å². The van der Waals surface area contributed by atoms with Crippen molar-refractivity contribution in [3.8, 4) is 11.3 Å². The van der Waals surface area contributed by atoms with Gasteiger partial charge in [-0.1, -0.05) is 6.07 Å². The topological polar surface area (TPSA) is 82.7 Å². The van der Waals surface area contributed by atoms with Gasteiger partial charge < -0.3 is 20.9 Å². The molecule has 5 rings (SSSR count). The van der Waals surface area contributed by atoms with E-state index in [0.29, 0.717) is 16.9 Å². The number of nitrogens with one attached hydrogen (secondary N) is 1. The fraction of sp³-hybridized carbons (Fsp3) is 0.316. The number of hydrogen-bond acceptors (Lipinski definition) is 7. The van der Waals surface area contributed by atoms with Gasteiger partial charge in [-0.05, 0) is 24.3 Å². The zero-order chi connectivity index (χ0) is 18.4. The maximum Gasteiger partial charge on any atom is 0.222 e. The second kappa shape index (κ2) is 6.31. The van der Waals surface area contributed by atoms with E-state index in [-0.39, 0.29) is 11.8 Å². The zero-order valence-electron chi connectivity index (χ0n) is 14.8. The van der Waals surface area contributed by atoms with Crippen molar-refractivity contribution in [3.05, 3.63) is 35.7 Å². The molecule has 27 heavy (non-hydrogen) atoms. The van der Waals surface area contributed by atoms with Gasteiger partial charge in [-0.3, -0.25) is 4.99 Å². The van der Waals surface area contributed by atoms with Gasteiger partial charge in [0.2, 0.25) is 5.95 Å². The molecule has 0 radical (unpaired) electrons. The highest BCUT2D eigenvalue weighted by molar-refractivity contribution is 6.13. The van der Waals surface area contributed by atoms with Crippen LogP contribution in [-0.2, 0) is 0 Å². The summed E-state index contributed by atoms with van der Waals surface area (Å²) in [7, 11) is 0. The van der Waals surface area contributed by atoms with Gasteiger partial charge in [0.1, 0.15) is 17.5 Å². The van der Waals surface area contributed by atoms with Crippen LogP contribution in [0.3, 0.4) is 0 Å². The average Bonchev–Trinajstić information content (AvgIpc) is 3.17. The van der Waals surface area contributed by atoms with Gasteiger partial charge in [-0.25, -0.2) is 9.37 Å². The van der Waals surface area contributed by atoms with Crippen LogP contribution in [0.25, 0.3) is 17.3 Å². The minimum absolute atomic E-state index is 0.178. The van der Waals surface area contributed by atoms with E-state index in [2.05, 4.69) is 25.2 Å². The van der Waals surface area contributed by atoms with E-state index < -0.39 is 0 Å². The molecule has 138 valence electrons. The molecule has 0 amide bonds. The van der Waals surface area contributed by atoms with Crippen LogP contribution in [0, 0.1) is 5.82 Å². The highest BCUT2D eigenvalue weighted by Gasteiger charge is 2.27. The molecule has 8 heteroatoms. The van der Waals surface area contributed by atoms with Crippen LogP contribution in [0.4, 0.5) is 21.8 Å². The maximum atomic E-state index is 14.9. The molecule has 1 aromatic carbocycles. The summed E-state index contributed by atoms with van der Waals surface area (Å²) in [6.07, 6.45) is 3.89. The average molecular weight is 365 g/mol. The molecule has 0 atom stereocenters. The van der Waals surface area contributed by atoms with Crippen molar-refractivity contribution in [2.75, 3.05) is 54.8 Å². The summed E-state index contributed by atoms with van der Waals surface area (Å²) in [5, 5.41) is 3.28. The lowest BCUT2D eigenvalue weighted by Gasteiger charge is -2.30. The second-order valence-electron chi connectivity index (χ2n) is 6.80. The van der Waals surface area contributed by atoms with E-state index in [9.17, 15) is 4.39 Å². The molecule has 4 heterocycles. The quantitative estimate of drug-likeness (QED) is 0.840. The summed E-state index contributed by atoms with van der Waals surface area (Å²) < 4.78 is 14.9. The Hall–Kier alpha value is -3.00. The highest BCUT2D eigenvalue weighted by Crippen LogP contribution is 2.35. The standard InChI is InChI=1S/C19H20FN7/c20-14-11-12(1-3-15(14)26-8-5-22-6-9-26)17-13-2-4-16-23-7-10-27(16)18(13)25-19(21)24-17/h1-4,11,22H,5-10H2,(H2,21,24,25). The van der Waals surface area contributed by atoms with E-state index in [0.717, 1.165) is 56.5 Å². The first-order valence-electron chi connectivity index (χ1n) is 9.14. The lowest BCUT2D eigenvalue weighted by Crippen LogP contribution is -2.43. The molecule has 1 fully saturated rings.